The molecule has 0 bridgehead atoms. The summed E-state index contributed by atoms with van der Waals surface area (Å²) in [6.45, 7) is 1.83. The quantitative estimate of drug-likeness (QED) is 0.596. The Hall–Kier alpha value is -2.28. The van der Waals surface area contributed by atoms with Crippen LogP contribution in [0.4, 0.5) is 0 Å². The van der Waals surface area contributed by atoms with Gasteiger partial charge in [0.2, 0.25) is 5.16 Å². The summed E-state index contributed by atoms with van der Waals surface area (Å²) in [5.74, 6) is -1.04. The number of aryl methyl sites for hydroxylation is 1. The summed E-state index contributed by atoms with van der Waals surface area (Å²) in [5, 5.41) is 24.1. The van der Waals surface area contributed by atoms with Crippen LogP contribution in [0.2, 0.25) is 5.02 Å². The van der Waals surface area contributed by atoms with E-state index in [1.54, 1.807) is 18.2 Å². The maximum atomic E-state index is 12.4. The third-order valence-corrected chi connectivity index (χ3v) is 5.38. The van der Waals surface area contributed by atoms with Crippen molar-refractivity contribution in [2.24, 2.45) is 0 Å². The second kappa shape index (κ2) is 7.74. The van der Waals surface area contributed by atoms with Crippen LogP contribution in [0.5, 0.6) is 0 Å². The lowest BCUT2D eigenvalue weighted by Crippen LogP contribution is -2.13. The summed E-state index contributed by atoms with van der Waals surface area (Å²) in [6, 6.07) is 9.09. The van der Waals surface area contributed by atoms with Crippen molar-refractivity contribution in [2.75, 3.05) is 5.75 Å². The number of carbonyl (C=O) groups is 1. The average molecular weight is 391 g/mol. The van der Waals surface area contributed by atoms with Crippen molar-refractivity contribution in [2.45, 2.75) is 18.0 Å². The van der Waals surface area contributed by atoms with Crippen LogP contribution >= 0.6 is 34.7 Å². The van der Waals surface area contributed by atoms with Crippen LogP contribution in [0, 0.1) is 18.3 Å². The minimum Gasteiger partial charge on any atom is -0.297 e. The average Bonchev–Trinajstić information content (AvgIpc) is 3.23. The zero-order chi connectivity index (χ0) is 17.8. The molecular weight excluding hydrogens is 380 g/mol. The van der Waals surface area contributed by atoms with E-state index in [1.807, 2.05) is 24.4 Å². The Kier molecular flexibility index (Phi) is 5.43. The maximum absolute atomic E-state index is 12.4. The molecule has 3 rings (SSSR count). The van der Waals surface area contributed by atoms with Crippen molar-refractivity contribution in [3.05, 3.63) is 45.4 Å². The highest BCUT2D eigenvalue weighted by Crippen LogP contribution is 2.25. The number of tetrazole rings is 1. The van der Waals surface area contributed by atoms with Gasteiger partial charge in [-0.1, -0.05) is 29.4 Å². The molecule has 25 heavy (non-hydrogen) atoms. The Morgan fingerprint density at radius 2 is 2.36 bits per heavy atom. The fourth-order valence-electron chi connectivity index (χ4n) is 2.03. The van der Waals surface area contributed by atoms with Crippen LogP contribution < -0.4 is 0 Å². The fraction of sp³-hybridized carbons (Fsp3) is 0.200. The van der Waals surface area contributed by atoms with Gasteiger partial charge in [0.25, 0.3) is 0 Å². The maximum Gasteiger partial charge on any atom is 0.214 e. The molecule has 0 aliphatic carbocycles. The number of benzene rings is 1. The molecule has 0 N–H and O–H groups in total. The van der Waals surface area contributed by atoms with Crippen molar-refractivity contribution in [3.8, 4) is 11.8 Å². The predicted molar refractivity (Wildman–Crippen MR) is 95.1 cm³/mol. The minimum atomic E-state index is -0.873. The van der Waals surface area contributed by atoms with E-state index in [-0.39, 0.29) is 11.5 Å². The highest BCUT2D eigenvalue weighted by Gasteiger charge is 2.24. The van der Waals surface area contributed by atoms with Gasteiger partial charge in [0.15, 0.2) is 11.7 Å². The molecule has 2 heterocycles. The van der Waals surface area contributed by atoms with Gasteiger partial charge in [-0.05, 0) is 35.5 Å². The molecule has 10 heteroatoms. The molecule has 0 saturated carbocycles. The first-order valence-electron chi connectivity index (χ1n) is 7.10. The summed E-state index contributed by atoms with van der Waals surface area (Å²) in [4.78, 5) is 16.6. The normalized spacial score (nSPS) is 11.9. The van der Waals surface area contributed by atoms with Gasteiger partial charge in [0, 0.05) is 16.1 Å². The number of nitrogens with zero attached hydrogens (tertiary/aromatic N) is 6. The van der Waals surface area contributed by atoms with E-state index in [0.29, 0.717) is 20.9 Å². The molecule has 0 saturated heterocycles. The van der Waals surface area contributed by atoms with Gasteiger partial charge < -0.3 is 0 Å². The molecule has 1 atom stereocenters. The number of nitriles is 1. The number of rotatable bonds is 6. The van der Waals surface area contributed by atoms with E-state index in [2.05, 4.69) is 20.5 Å². The third kappa shape index (κ3) is 4.04. The second-order valence-electron chi connectivity index (χ2n) is 5.00. The first kappa shape index (κ1) is 17.5. The monoisotopic (exact) mass is 390 g/mol. The van der Waals surface area contributed by atoms with Gasteiger partial charge >= 0.3 is 0 Å². The molecule has 0 aliphatic heterocycles. The van der Waals surface area contributed by atoms with Gasteiger partial charge in [0.1, 0.15) is 5.01 Å². The number of carbonyl (C=O) groups excluding carboxylic acids is 1. The van der Waals surface area contributed by atoms with Crippen molar-refractivity contribution >= 4 is 40.5 Å². The summed E-state index contributed by atoms with van der Waals surface area (Å²) in [5.41, 5.74) is 1.49. The molecule has 0 spiro atoms. The summed E-state index contributed by atoms with van der Waals surface area (Å²) >= 11 is 8.47. The molecule has 0 fully saturated rings. The van der Waals surface area contributed by atoms with Gasteiger partial charge in [-0.3, -0.25) is 4.79 Å². The molecule has 0 aliphatic rings. The van der Waals surface area contributed by atoms with Crippen LogP contribution in [0.3, 0.4) is 0 Å². The van der Waals surface area contributed by atoms with Crippen molar-refractivity contribution in [3.63, 3.8) is 0 Å². The number of hydrogen-bond acceptors (Lipinski definition) is 8. The van der Waals surface area contributed by atoms with Gasteiger partial charge in [-0.2, -0.15) is 9.94 Å². The zero-order valence-electron chi connectivity index (χ0n) is 13.0. The number of ketones is 1. The standard InChI is InChI=1S/C15H11ClN6OS2/c1-9-7-24-14(18-9)12(6-17)13(23)8-25-15-19-20-21-22(15)11-4-2-3-10(16)5-11/h2-5,7,12H,8H2,1H3/t12-/m1/s1. The topological polar surface area (TPSA) is 97.4 Å². The first-order chi connectivity index (χ1) is 12.1. The Bertz CT molecular complexity index is 947. The van der Waals surface area contributed by atoms with Crippen LogP contribution in [-0.4, -0.2) is 36.7 Å². The molecule has 1 aromatic carbocycles. The van der Waals surface area contributed by atoms with Crippen LogP contribution in [0.15, 0.2) is 34.8 Å². The Morgan fingerprint density at radius 3 is 3.04 bits per heavy atom. The Labute approximate surface area is 156 Å². The third-order valence-electron chi connectivity index (χ3n) is 3.17. The second-order valence-corrected chi connectivity index (χ2v) is 7.27. The van der Waals surface area contributed by atoms with E-state index in [1.165, 1.54) is 27.8 Å². The number of aromatic nitrogens is 5. The largest absolute Gasteiger partial charge is 0.297 e. The summed E-state index contributed by atoms with van der Waals surface area (Å²) in [6.07, 6.45) is 0. The number of thioether (sulfide) groups is 1. The van der Waals surface area contributed by atoms with Crippen LogP contribution in [0.1, 0.15) is 16.6 Å². The number of hydrogen-bond donors (Lipinski definition) is 0. The molecule has 2 aromatic heterocycles. The first-order valence-corrected chi connectivity index (χ1v) is 9.34. The van der Waals surface area contributed by atoms with Crippen LogP contribution in [0.25, 0.3) is 5.69 Å². The van der Waals surface area contributed by atoms with E-state index >= 15 is 0 Å². The minimum absolute atomic E-state index is 0.0673. The Balaban J connectivity index is 1.73. The van der Waals surface area contributed by atoms with Crippen molar-refractivity contribution in [1.82, 2.24) is 25.2 Å². The molecule has 7 nitrogen and oxygen atoms in total. The van der Waals surface area contributed by atoms with Crippen molar-refractivity contribution in [1.29, 1.82) is 5.26 Å². The molecule has 0 amide bonds. The van der Waals surface area contributed by atoms with Crippen molar-refractivity contribution < 1.29 is 4.79 Å². The van der Waals surface area contributed by atoms with Crippen LogP contribution in [-0.2, 0) is 4.79 Å². The Morgan fingerprint density at radius 1 is 1.52 bits per heavy atom. The lowest BCUT2D eigenvalue weighted by atomic mass is 10.1. The summed E-state index contributed by atoms with van der Waals surface area (Å²) in [7, 11) is 0. The summed E-state index contributed by atoms with van der Waals surface area (Å²) < 4.78 is 1.50. The highest BCUT2D eigenvalue weighted by atomic mass is 35.5. The highest BCUT2D eigenvalue weighted by molar-refractivity contribution is 7.99. The van der Waals surface area contributed by atoms with Gasteiger partial charge in [-0.15, -0.1) is 16.4 Å². The fourth-order valence-corrected chi connectivity index (χ4v) is 3.87. The smallest absolute Gasteiger partial charge is 0.214 e. The van der Waals surface area contributed by atoms with E-state index in [9.17, 15) is 10.1 Å². The number of Topliss-reactive ketones (excluding diaryl/α,β-unsaturated/α-hetero) is 1. The number of halogens is 1. The van der Waals surface area contributed by atoms with Gasteiger partial charge in [-0.25, -0.2) is 4.98 Å². The molecular formula is C15H11ClN6OS2. The van der Waals surface area contributed by atoms with E-state index in [0.717, 1.165) is 5.69 Å². The zero-order valence-corrected chi connectivity index (χ0v) is 15.3. The lowest BCUT2D eigenvalue weighted by molar-refractivity contribution is -0.116. The molecule has 3 aromatic rings. The lowest BCUT2D eigenvalue weighted by Gasteiger charge is -2.06. The molecule has 126 valence electrons. The van der Waals surface area contributed by atoms with Gasteiger partial charge in [0.05, 0.1) is 17.5 Å². The molecule has 0 unspecified atom stereocenters. The predicted octanol–water partition coefficient (Wildman–Crippen LogP) is 3.05. The SMILES string of the molecule is Cc1csc([C@H](C#N)C(=O)CSc2nnnn2-c2cccc(Cl)c2)n1. The molecule has 0 radical (unpaired) electrons. The van der Waals surface area contributed by atoms with E-state index in [4.69, 9.17) is 11.6 Å². The number of thiazole rings is 1. The van der Waals surface area contributed by atoms with E-state index < -0.39 is 5.92 Å².